The number of rotatable bonds is 7. The second-order valence-corrected chi connectivity index (χ2v) is 3.65. The molecule has 0 saturated carbocycles. The van der Waals surface area contributed by atoms with Gasteiger partial charge in [0.1, 0.15) is 0 Å². The molecule has 0 aliphatic heterocycles. The summed E-state index contributed by atoms with van der Waals surface area (Å²) in [6.45, 7) is 6.94. The summed E-state index contributed by atoms with van der Waals surface area (Å²) >= 11 is 0. The SMILES string of the molecule is CCCOC(=O)CCC(C)CCC. The zero-order chi connectivity index (χ0) is 10.1. The van der Waals surface area contributed by atoms with Gasteiger partial charge in [-0.15, -0.1) is 0 Å². The fourth-order valence-electron chi connectivity index (χ4n) is 1.29. The van der Waals surface area contributed by atoms with E-state index in [1.54, 1.807) is 0 Å². The second kappa shape index (κ2) is 8.09. The first-order chi connectivity index (χ1) is 6.20. The highest BCUT2D eigenvalue weighted by atomic mass is 16.5. The fraction of sp³-hybridized carbons (Fsp3) is 0.909. The zero-order valence-electron chi connectivity index (χ0n) is 9.14. The van der Waals surface area contributed by atoms with Crippen LogP contribution in [0.25, 0.3) is 0 Å². The lowest BCUT2D eigenvalue weighted by molar-refractivity contribution is -0.144. The second-order valence-electron chi connectivity index (χ2n) is 3.65. The Bertz CT molecular complexity index is 132. The molecular formula is C11H22O2. The summed E-state index contributed by atoms with van der Waals surface area (Å²) in [5.74, 6) is 0.615. The quantitative estimate of drug-likeness (QED) is 0.571. The first kappa shape index (κ1) is 12.5. The fourth-order valence-corrected chi connectivity index (χ4v) is 1.29. The average Bonchev–Trinajstić information content (AvgIpc) is 2.12. The minimum absolute atomic E-state index is 0.0372. The molecule has 0 aliphatic rings. The van der Waals surface area contributed by atoms with E-state index in [1.807, 2.05) is 6.92 Å². The van der Waals surface area contributed by atoms with Gasteiger partial charge in [0.05, 0.1) is 6.61 Å². The van der Waals surface area contributed by atoms with Gasteiger partial charge < -0.3 is 4.74 Å². The minimum Gasteiger partial charge on any atom is -0.466 e. The van der Waals surface area contributed by atoms with E-state index in [0.29, 0.717) is 18.9 Å². The van der Waals surface area contributed by atoms with Gasteiger partial charge in [0.15, 0.2) is 0 Å². The monoisotopic (exact) mass is 186 g/mol. The van der Waals surface area contributed by atoms with Gasteiger partial charge in [0, 0.05) is 6.42 Å². The van der Waals surface area contributed by atoms with E-state index < -0.39 is 0 Å². The Labute approximate surface area is 81.7 Å². The summed E-state index contributed by atoms with van der Waals surface area (Å²) in [5, 5.41) is 0. The number of ether oxygens (including phenoxy) is 1. The molecular weight excluding hydrogens is 164 g/mol. The Hall–Kier alpha value is -0.530. The van der Waals surface area contributed by atoms with Gasteiger partial charge in [-0.3, -0.25) is 4.79 Å². The minimum atomic E-state index is -0.0372. The summed E-state index contributed by atoms with van der Waals surface area (Å²) in [6.07, 6.45) is 4.88. The molecule has 0 bridgehead atoms. The molecule has 0 heterocycles. The first-order valence-electron chi connectivity index (χ1n) is 5.36. The molecule has 0 radical (unpaired) electrons. The van der Waals surface area contributed by atoms with E-state index in [-0.39, 0.29) is 5.97 Å². The number of carbonyl (C=O) groups excluding carboxylic acids is 1. The van der Waals surface area contributed by atoms with Crippen LogP contribution in [0.2, 0.25) is 0 Å². The maximum Gasteiger partial charge on any atom is 0.305 e. The molecule has 0 aliphatic carbocycles. The molecule has 1 atom stereocenters. The molecule has 0 rings (SSSR count). The predicted molar refractivity (Wildman–Crippen MR) is 54.6 cm³/mol. The average molecular weight is 186 g/mol. The summed E-state index contributed by atoms with van der Waals surface area (Å²) in [5.41, 5.74) is 0. The smallest absolute Gasteiger partial charge is 0.305 e. The van der Waals surface area contributed by atoms with E-state index in [9.17, 15) is 4.79 Å². The van der Waals surface area contributed by atoms with Crippen LogP contribution in [0, 0.1) is 5.92 Å². The summed E-state index contributed by atoms with van der Waals surface area (Å²) in [4.78, 5) is 11.1. The van der Waals surface area contributed by atoms with Gasteiger partial charge in [-0.25, -0.2) is 0 Å². The van der Waals surface area contributed by atoms with E-state index >= 15 is 0 Å². The van der Waals surface area contributed by atoms with E-state index in [0.717, 1.165) is 12.8 Å². The van der Waals surface area contributed by atoms with Crippen LogP contribution in [0.5, 0.6) is 0 Å². The Balaban J connectivity index is 3.34. The van der Waals surface area contributed by atoms with Crippen molar-refractivity contribution in [3.8, 4) is 0 Å². The van der Waals surface area contributed by atoms with E-state index in [4.69, 9.17) is 4.74 Å². The van der Waals surface area contributed by atoms with Gasteiger partial charge in [-0.1, -0.05) is 33.6 Å². The summed E-state index contributed by atoms with van der Waals surface area (Å²) in [6, 6.07) is 0. The molecule has 0 saturated heterocycles. The maximum absolute atomic E-state index is 11.1. The van der Waals surface area contributed by atoms with Crippen molar-refractivity contribution in [2.45, 2.75) is 52.9 Å². The van der Waals surface area contributed by atoms with Crippen molar-refractivity contribution in [3.63, 3.8) is 0 Å². The Morgan fingerprint density at radius 2 is 1.92 bits per heavy atom. The summed E-state index contributed by atoms with van der Waals surface area (Å²) in [7, 11) is 0. The van der Waals surface area contributed by atoms with E-state index in [1.165, 1.54) is 12.8 Å². The van der Waals surface area contributed by atoms with Gasteiger partial charge in [0.2, 0.25) is 0 Å². The topological polar surface area (TPSA) is 26.3 Å². The number of esters is 1. The Kier molecular flexibility index (Phi) is 7.76. The van der Waals surface area contributed by atoms with Crippen LogP contribution in [0.4, 0.5) is 0 Å². The highest BCUT2D eigenvalue weighted by Gasteiger charge is 2.06. The first-order valence-corrected chi connectivity index (χ1v) is 5.36. The molecule has 2 nitrogen and oxygen atoms in total. The maximum atomic E-state index is 11.1. The normalized spacial score (nSPS) is 12.5. The standard InChI is InChI=1S/C11H22O2/c1-4-6-10(3)7-8-11(12)13-9-5-2/h10H,4-9H2,1-3H3. The van der Waals surface area contributed by atoms with Crippen molar-refractivity contribution in [1.29, 1.82) is 0 Å². The molecule has 1 unspecified atom stereocenters. The molecule has 13 heavy (non-hydrogen) atoms. The van der Waals surface area contributed by atoms with Crippen molar-refractivity contribution >= 4 is 5.97 Å². The molecule has 0 aromatic heterocycles. The van der Waals surface area contributed by atoms with Crippen LogP contribution in [0.3, 0.4) is 0 Å². The number of hydrogen-bond acceptors (Lipinski definition) is 2. The lowest BCUT2D eigenvalue weighted by atomic mass is 10.0. The van der Waals surface area contributed by atoms with Gasteiger partial charge >= 0.3 is 5.97 Å². The van der Waals surface area contributed by atoms with Crippen molar-refractivity contribution < 1.29 is 9.53 Å². The van der Waals surface area contributed by atoms with Crippen molar-refractivity contribution in [2.75, 3.05) is 6.61 Å². The molecule has 0 aromatic carbocycles. The molecule has 2 heteroatoms. The van der Waals surface area contributed by atoms with Crippen LogP contribution in [-0.2, 0) is 9.53 Å². The van der Waals surface area contributed by atoms with Crippen molar-refractivity contribution in [3.05, 3.63) is 0 Å². The van der Waals surface area contributed by atoms with Crippen LogP contribution in [-0.4, -0.2) is 12.6 Å². The van der Waals surface area contributed by atoms with Gasteiger partial charge in [-0.2, -0.15) is 0 Å². The molecule has 0 amide bonds. The van der Waals surface area contributed by atoms with Gasteiger partial charge in [0.25, 0.3) is 0 Å². The third-order valence-electron chi connectivity index (χ3n) is 2.09. The van der Waals surface area contributed by atoms with Gasteiger partial charge in [-0.05, 0) is 18.8 Å². The summed E-state index contributed by atoms with van der Waals surface area (Å²) < 4.78 is 4.98. The molecule has 0 N–H and O–H groups in total. The largest absolute Gasteiger partial charge is 0.466 e. The highest BCUT2D eigenvalue weighted by molar-refractivity contribution is 5.69. The molecule has 0 fully saturated rings. The lowest BCUT2D eigenvalue weighted by Gasteiger charge is -2.08. The third kappa shape index (κ3) is 7.82. The van der Waals surface area contributed by atoms with Crippen molar-refractivity contribution in [1.82, 2.24) is 0 Å². The van der Waals surface area contributed by atoms with Crippen LogP contribution in [0.1, 0.15) is 52.9 Å². The highest BCUT2D eigenvalue weighted by Crippen LogP contribution is 2.12. The van der Waals surface area contributed by atoms with Crippen LogP contribution in [0.15, 0.2) is 0 Å². The lowest BCUT2D eigenvalue weighted by Crippen LogP contribution is -2.07. The number of hydrogen-bond donors (Lipinski definition) is 0. The van der Waals surface area contributed by atoms with E-state index in [2.05, 4.69) is 13.8 Å². The van der Waals surface area contributed by atoms with Crippen LogP contribution >= 0.6 is 0 Å². The Morgan fingerprint density at radius 3 is 2.46 bits per heavy atom. The molecule has 0 aromatic rings. The predicted octanol–water partition coefficient (Wildman–Crippen LogP) is 3.16. The third-order valence-corrected chi connectivity index (χ3v) is 2.09. The zero-order valence-corrected chi connectivity index (χ0v) is 9.14. The number of carbonyl (C=O) groups is 1. The molecule has 78 valence electrons. The van der Waals surface area contributed by atoms with Crippen molar-refractivity contribution in [2.24, 2.45) is 5.92 Å². The Morgan fingerprint density at radius 1 is 1.23 bits per heavy atom. The molecule has 0 spiro atoms. The van der Waals surface area contributed by atoms with Crippen LogP contribution < -0.4 is 0 Å².